The second kappa shape index (κ2) is 55.9. The highest BCUT2D eigenvalue weighted by Crippen LogP contribution is 2.26. The van der Waals surface area contributed by atoms with Gasteiger partial charge in [0, 0.05) is 19.3 Å². The van der Waals surface area contributed by atoms with Crippen molar-refractivity contribution in [3.8, 4) is 0 Å². The zero-order valence-electron chi connectivity index (χ0n) is 50.7. The standard InChI is InChI=1S/C69H112O12/c1-4-7-10-13-16-19-22-25-28-31-34-37-40-43-46-49-52-55-61(70)77-58-60(79-62(71)56-53-50-47-44-41-38-35-32-29-26-23-20-17-14-11-8-5-2)59-78-69-67(65(74)64(73)66(81-69)68(75)76)80-63(72)57-54-51-48-45-42-39-36-33-30-27-24-21-18-15-12-9-6-3/h7,9-10,12,16,18-19,21,25-30,36,39,45,48,60,64-67,69,73-74H,4-6,8,11,13-15,17,20,22-24,31-35,37-38,40-44,46-47,49-59H2,1-3H3,(H,75,76)/b10-7-,12-9-,19-16-,21-18-,28-25-,29-26-,30-27-,39-36-,48-45-. The quantitative estimate of drug-likeness (QED) is 0.0228. The van der Waals surface area contributed by atoms with E-state index >= 15 is 0 Å². The van der Waals surface area contributed by atoms with E-state index in [0.29, 0.717) is 25.7 Å². The normalized spacial score (nSPS) is 18.5. The Kier molecular flexibility index (Phi) is 51.3. The second-order valence-electron chi connectivity index (χ2n) is 21.3. The average molecular weight is 1130 g/mol. The first kappa shape index (κ1) is 74.4. The van der Waals surface area contributed by atoms with Gasteiger partial charge in [-0.3, -0.25) is 14.4 Å². The summed E-state index contributed by atoms with van der Waals surface area (Å²) in [5, 5.41) is 31.6. The number of rotatable bonds is 53. The Morgan fingerprint density at radius 1 is 0.420 bits per heavy atom. The number of aliphatic hydroxyl groups excluding tert-OH is 2. The van der Waals surface area contributed by atoms with Crippen LogP contribution in [-0.2, 0) is 42.9 Å². The van der Waals surface area contributed by atoms with Crippen molar-refractivity contribution in [3.05, 3.63) is 109 Å². The number of allylic oxidation sites excluding steroid dienone is 18. The molecule has 81 heavy (non-hydrogen) atoms. The third kappa shape index (κ3) is 45.6. The topological polar surface area (TPSA) is 175 Å². The van der Waals surface area contributed by atoms with Crippen LogP contribution in [0, 0.1) is 0 Å². The van der Waals surface area contributed by atoms with Crippen LogP contribution in [-0.4, -0.2) is 89.2 Å². The minimum absolute atomic E-state index is 0.0237. The van der Waals surface area contributed by atoms with Crippen LogP contribution in [0.25, 0.3) is 0 Å². The highest BCUT2D eigenvalue weighted by molar-refractivity contribution is 5.74. The lowest BCUT2D eigenvalue weighted by atomic mass is 9.98. The molecule has 12 heteroatoms. The lowest BCUT2D eigenvalue weighted by Gasteiger charge is -2.40. The Bertz CT molecular complexity index is 1820. The molecule has 12 nitrogen and oxygen atoms in total. The molecule has 1 aliphatic rings. The zero-order chi connectivity index (χ0) is 58.9. The van der Waals surface area contributed by atoms with Crippen molar-refractivity contribution in [2.45, 2.75) is 289 Å². The second-order valence-corrected chi connectivity index (χ2v) is 21.3. The lowest BCUT2D eigenvalue weighted by Crippen LogP contribution is -2.61. The minimum Gasteiger partial charge on any atom is -0.479 e. The fourth-order valence-electron chi connectivity index (χ4n) is 9.00. The van der Waals surface area contributed by atoms with Crippen LogP contribution >= 0.6 is 0 Å². The van der Waals surface area contributed by atoms with Crippen molar-refractivity contribution >= 4 is 23.9 Å². The third-order valence-corrected chi connectivity index (χ3v) is 13.8. The van der Waals surface area contributed by atoms with Crippen LogP contribution in [0.15, 0.2) is 109 Å². The van der Waals surface area contributed by atoms with Gasteiger partial charge >= 0.3 is 23.9 Å². The Morgan fingerprint density at radius 2 is 0.790 bits per heavy atom. The van der Waals surface area contributed by atoms with Crippen LogP contribution in [0.5, 0.6) is 0 Å². The summed E-state index contributed by atoms with van der Waals surface area (Å²) >= 11 is 0. The number of carboxylic acid groups (broad SMARTS) is 1. The molecule has 6 unspecified atom stereocenters. The molecule has 0 aromatic carbocycles. The van der Waals surface area contributed by atoms with Crippen LogP contribution in [0.4, 0.5) is 0 Å². The number of esters is 3. The van der Waals surface area contributed by atoms with Gasteiger partial charge in [-0.1, -0.05) is 226 Å². The van der Waals surface area contributed by atoms with Crippen molar-refractivity contribution < 1.29 is 58.2 Å². The number of hydrogen-bond acceptors (Lipinski definition) is 11. The van der Waals surface area contributed by atoms with Gasteiger partial charge in [-0.2, -0.15) is 0 Å². The molecule has 1 aliphatic heterocycles. The summed E-state index contributed by atoms with van der Waals surface area (Å²) in [6.07, 6.45) is 63.4. The Balaban J connectivity index is 2.72. The maximum absolute atomic E-state index is 13.2. The SMILES string of the molecule is CC/C=C\C/C=C\C/C=C\C/C=C\C/C=C\CCCC(=O)OC1C(OCC(COC(=O)CCCCCCCCC/C=C\C/C=C\C/C=C\CC)OC(=O)CCCCCCCCC/C=C\CCCCCCCC)OC(C(=O)O)C(O)C1O. The van der Waals surface area contributed by atoms with Crippen LogP contribution in [0.3, 0.4) is 0 Å². The van der Waals surface area contributed by atoms with E-state index < -0.39 is 67.3 Å². The van der Waals surface area contributed by atoms with Crippen molar-refractivity contribution in [1.29, 1.82) is 0 Å². The number of aliphatic carboxylic acids is 1. The summed E-state index contributed by atoms with van der Waals surface area (Å²) < 4.78 is 28.4. The predicted molar refractivity (Wildman–Crippen MR) is 330 cm³/mol. The number of hydrogen-bond donors (Lipinski definition) is 3. The molecular weight excluding hydrogens is 1020 g/mol. The summed E-state index contributed by atoms with van der Waals surface area (Å²) in [6, 6.07) is 0. The van der Waals surface area contributed by atoms with E-state index in [-0.39, 0.29) is 25.9 Å². The molecule has 1 saturated heterocycles. The third-order valence-electron chi connectivity index (χ3n) is 13.8. The first-order chi connectivity index (χ1) is 39.6. The van der Waals surface area contributed by atoms with Gasteiger partial charge in [0.2, 0.25) is 0 Å². The van der Waals surface area contributed by atoms with Crippen LogP contribution in [0.2, 0.25) is 0 Å². The van der Waals surface area contributed by atoms with Crippen molar-refractivity contribution in [3.63, 3.8) is 0 Å². The van der Waals surface area contributed by atoms with Gasteiger partial charge in [-0.15, -0.1) is 0 Å². The Hall–Kier alpha value is -4.62. The number of aliphatic hydroxyl groups is 2. The molecule has 0 bridgehead atoms. The van der Waals surface area contributed by atoms with E-state index in [1.165, 1.54) is 64.2 Å². The molecule has 0 aromatic rings. The van der Waals surface area contributed by atoms with E-state index in [9.17, 15) is 34.5 Å². The van der Waals surface area contributed by atoms with Crippen molar-refractivity contribution in [1.82, 2.24) is 0 Å². The molecule has 460 valence electrons. The summed E-state index contributed by atoms with van der Waals surface area (Å²) in [5.41, 5.74) is 0. The molecule has 0 spiro atoms. The zero-order valence-corrected chi connectivity index (χ0v) is 50.7. The van der Waals surface area contributed by atoms with E-state index in [1.807, 2.05) is 12.2 Å². The monoisotopic (exact) mass is 1130 g/mol. The first-order valence-corrected chi connectivity index (χ1v) is 31.9. The van der Waals surface area contributed by atoms with Gasteiger partial charge in [-0.05, 0) is 116 Å². The fourth-order valence-corrected chi connectivity index (χ4v) is 9.00. The van der Waals surface area contributed by atoms with Crippen molar-refractivity contribution in [2.24, 2.45) is 0 Å². The molecule has 0 amide bonds. The summed E-state index contributed by atoms with van der Waals surface area (Å²) in [5.74, 6) is -3.22. The number of ether oxygens (including phenoxy) is 5. The first-order valence-electron chi connectivity index (χ1n) is 31.9. The predicted octanol–water partition coefficient (Wildman–Crippen LogP) is 17.0. The molecule has 0 radical (unpaired) electrons. The van der Waals surface area contributed by atoms with Gasteiger partial charge in [-0.25, -0.2) is 4.79 Å². The number of carbonyl (C=O) groups is 4. The van der Waals surface area contributed by atoms with Gasteiger partial charge in [0.15, 0.2) is 24.6 Å². The van der Waals surface area contributed by atoms with Gasteiger partial charge in [0.1, 0.15) is 18.8 Å². The van der Waals surface area contributed by atoms with E-state index in [4.69, 9.17) is 23.7 Å². The molecule has 1 fully saturated rings. The summed E-state index contributed by atoms with van der Waals surface area (Å²) in [4.78, 5) is 51.3. The summed E-state index contributed by atoms with van der Waals surface area (Å²) in [6.45, 7) is 5.74. The molecular formula is C69H112O12. The average Bonchev–Trinajstić information content (AvgIpc) is 3.53. The van der Waals surface area contributed by atoms with Gasteiger partial charge in [0.05, 0.1) is 6.61 Å². The van der Waals surface area contributed by atoms with Crippen LogP contribution < -0.4 is 0 Å². The van der Waals surface area contributed by atoms with E-state index in [1.54, 1.807) is 0 Å². The van der Waals surface area contributed by atoms with Gasteiger partial charge < -0.3 is 39.0 Å². The number of unbranched alkanes of at least 4 members (excludes halogenated alkanes) is 21. The molecule has 0 aliphatic carbocycles. The fraction of sp³-hybridized carbons (Fsp3) is 0.681. The highest BCUT2D eigenvalue weighted by Gasteiger charge is 2.50. The number of carboxylic acids is 1. The van der Waals surface area contributed by atoms with Crippen molar-refractivity contribution in [2.75, 3.05) is 13.2 Å². The molecule has 0 aromatic heterocycles. The smallest absolute Gasteiger partial charge is 0.335 e. The molecule has 3 N–H and O–H groups in total. The molecule has 1 rings (SSSR count). The highest BCUT2D eigenvalue weighted by atomic mass is 16.7. The van der Waals surface area contributed by atoms with Crippen LogP contribution in [0.1, 0.15) is 252 Å². The molecule has 0 saturated carbocycles. The van der Waals surface area contributed by atoms with E-state index in [2.05, 4.69) is 118 Å². The number of carbonyl (C=O) groups excluding carboxylic acids is 3. The largest absolute Gasteiger partial charge is 0.479 e. The Labute approximate surface area is 491 Å². The maximum Gasteiger partial charge on any atom is 0.335 e. The maximum atomic E-state index is 13.2. The Morgan fingerprint density at radius 3 is 1.23 bits per heavy atom. The van der Waals surface area contributed by atoms with Gasteiger partial charge in [0.25, 0.3) is 0 Å². The lowest BCUT2D eigenvalue weighted by molar-refractivity contribution is -0.301. The molecule has 6 atom stereocenters. The minimum atomic E-state index is -1.93. The molecule has 1 heterocycles. The summed E-state index contributed by atoms with van der Waals surface area (Å²) in [7, 11) is 0. The van der Waals surface area contributed by atoms with E-state index in [0.717, 1.165) is 122 Å².